The summed E-state index contributed by atoms with van der Waals surface area (Å²) in [5.74, 6) is 0.0891. The van der Waals surface area contributed by atoms with Crippen molar-refractivity contribution in [2.75, 3.05) is 4.31 Å². The van der Waals surface area contributed by atoms with Gasteiger partial charge in [0.25, 0.3) is 0 Å². The molecule has 0 spiro atoms. The molecule has 0 amide bonds. The molecule has 1 aliphatic heterocycles. The van der Waals surface area contributed by atoms with E-state index in [1.165, 1.54) is 6.07 Å². The normalized spacial score (nSPS) is 14.5. The van der Waals surface area contributed by atoms with Gasteiger partial charge in [0.05, 0.1) is 33.2 Å². The maximum absolute atomic E-state index is 13.2. The molecule has 0 fully saturated rings. The third-order valence-electron chi connectivity index (χ3n) is 7.16. The van der Waals surface area contributed by atoms with Gasteiger partial charge in [0.1, 0.15) is 5.82 Å². The van der Waals surface area contributed by atoms with Crippen LogP contribution in [0.2, 0.25) is 10.0 Å². The van der Waals surface area contributed by atoms with Crippen LogP contribution in [0.25, 0.3) is 34.5 Å². The van der Waals surface area contributed by atoms with Crippen molar-refractivity contribution in [1.29, 1.82) is 0 Å². The van der Waals surface area contributed by atoms with Gasteiger partial charge < -0.3 is 9.67 Å². The van der Waals surface area contributed by atoms with Gasteiger partial charge in [-0.2, -0.15) is 21.6 Å². The molecule has 2 heterocycles. The first-order valence-corrected chi connectivity index (χ1v) is 15.9. The van der Waals surface area contributed by atoms with Crippen LogP contribution in [-0.2, 0) is 22.9 Å². The highest BCUT2D eigenvalue weighted by Gasteiger charge is 2.30. The minimum absolute atomic E-state index is 0.336. The van der Waals surface area contributed by atoms with Crippen LogP contribution < -0.4 is 9.03 Å². The molecule has 0 atom stereocenters. The molecule has 0 bridgehead atoms. The monoisotopic (exact) mass is 682 g/mol. The Bertz CT molecular complexity index is 2070. The Labute approximate surface area is 272 Å². The number of rotatable bonds is 7. The van der Waals surface area contributed by atoms with Crippen molar-refractivity contribution in [3.63, 3.8) is 0 Å². The summed E-state index contributed by atoms with van der Waals surface area (Å²) in [5, 5.41) is 10.5. The fourth-order valence-corrected chi connectivity index (χ4v) is 6.58. The minimum Gasteiger partial charge on any atom is -0.493 e. The van der Waals surface area contributed by atoms with Crippen molar-refractivity contribution >= 4 is 51.3 Å². The zero-order valence-corrected chi connectivity index (χ0v) is 25.9. The summed E-state index contributed by atoms with van der Waals surface area (Å²) < 4.78 is 68.9. The van der Waals surface area contributed by atoms with E-state index in [1.807, 2.05) is 21.6 Å². The Balaban J connectivity index is 1.29. The molecule has 234 valence electrons. The summed E-state index contributed by atoms with van der Waals surface area (Å²) in [5.41, 5.74) is 3.47. The first-order chi connectivity index (χ1) is 21.9. The number of anilines is 1. The van der Waals surface area contributed by atoms with Crippen LogP contribution in [0.3, 0.4) is 0 Å². The largest absolute Gasteiger partial charge is 0.493 e. The van der Waals surface area contributed by atoms with E-state index in [0.29, 0.717) is 50.5 Å². The molecule has 5 aromatic rings. The maximum atomic E-state index is 13.2. The molecule has 0 unspecified atom stereocenters. The molecule has 0 radical (unpaired) electrons. The molecule has 1 aliphatic rings. The highest BCUT2D eigenvalue weighted by Crippen LogP contribution is 2.35. The minimum atomic E-state index is -4.43. The van der Waals surface area contributed by atoms with Gasteiger partial charge in [0.15, 0.2) is 0 Å². The van der Waals surface area contributed by atoms with Gasteiger partial charge in [-0.1, -0.05) is 83.9 Å². The number of halogens is 5. The Morgan fingerprint density at radius 3 is 2.17 bits per heavy atom. The number of hydrogen-bond donors (Lipinski definition) is 2. The van der Waals surface area contributed by atoms with Crippen LogP contribution in [0.5, 0.6) is 0 Å². The summed E-state index contributed by atoms with van der Waals surface area (Å²) in [6.45, 7) is 0.357. The predicted molar refractivity (Wildman–Crippen MR) is 174 cm³/mol. The molecule has 0 saturated heterocycles. The summed E-state index contributed by atoms with van der Waals surface area (Å²) in [4.78, 5) is 4.79. The number of aliphatic hydroxyl groups excluding tert-OH is 1. The van der Waals surface area contributed by atoms with Gasteiger partial charge >= 0.3 is 16.4 Å². The predicted octanol–water partition coefficient (Wildman–Crippen LogP) is 8.77. The van der Waals surface area contributed by atoms with E-state index in [0.717, 1.165) is 33.8 Å². The van der Waals surface area contributed by atoms with E-state index < -0.39 is 27.8 Å². The lowest BCUT2D eigenvalue weighted by molar-refractivity contribution is -0.137. The molecule has 4 aromatic carbocycles. The average Bonchev–Trinajstić information content (AvgIpc) is 3.53. The Morgan fingerprint density at radius 1 is 0.870 bits per heavy atom. The highest BCUT2D eigenvalue weighted by atomic mass is 35.5. The molecular formula is C33H23Cl2F3N4O3S. The third-order valence-corrected chi connectivity index (χ3v) is 9.09. The summed E-state index contributed by atoms with van der Waals surface area (Å²) in [6, 6.07) is 24.2. The molecule has 0 aliphatic carbocycles. The smallest absolute Gasteiger partial charge is 0.416 e. The number of nitrogens with zero attached hydrogens (tertiary/aromatic N) is 3. The van der Waals surface area contributed by atoms with Gasteiger partial charge in [0, 0.05) is 18.3 Å². The van der Waals surface area contributed by atoms with Crippen molar-refractivity contribution in [2.24, 2.45) is 0 Å². The van der Waals surface area contributed by atoms with Gasteiger partial charge in [0.2, 0.25) is 5.88 Å². The standard InChI is InChI=1S/C33H23Cl2F3N4O3S/c34-27-5-2-6-28(35)32(27)29-19-41(18-22-9-14-26(15-10-22)42-20-31(43)40-46(42,44)45)30(39-29)16-11-21-7-12-23(13-8-21)24-3-1-4-25(17-24)33(36,37)38/h1-17,19-20,40,43H,18H2. The number of alkyl halides is 3. The lowest BCUT2D eigenvalue weighted by Gasteiger charge is -2.14. The summed E-state index contributed by atoms with van der Waals surface area (Å²) in [7, 11) is -3.92. The Morgan fingerprint density at radius 2 is 1.54 bits per heavy atom. The van der Waals surface area contributed by atoms with Crippen LogP contribution in [0, 0.1) is 0 Å². The van der Waals surface area contributed by atoms with E-state index >= 15 is 0 Å². The number of benzene rings is 4. The Kier molecular flexibility index (Phi) is 8.32. The molecule has 46 heavy (non-hydrogen) atoms. The van der Waals surface area contributed by atoms with Gasteiger partial charge in [-0.3, -0.25) is 0 Å². The highest BCUT2D eigenvalue weighted by molar-refractivity contribution is 7.91. The molecule has 7 nitrogen and oxygen atoms in total. The molecule has 0 saturated carbocycles. The van der Waals surface area contributed by atoms with Crippen LogP contribution in [0.4, 0.5) is 18.9 Å². The second-order valence-corrected chi connectivity index (χ2v) is 12.7. The van der Waals surface area contributed by atoms with Crippen LogP contribution >= 0.6 is 23.2 Å². The van der Waals surface area contributed by atoms with Crippen molar-refractivity contribution < 1.29 is 26.7 Å². The molecule has 2 N–H and O–H groups in total. The van der Waals surface area contributed by atoms with E-state index in [4.69, 9.17) is 28.2 Å². The van der Waals surface area contributed by atoms with Crippen molar-refractivity contribution in [2.45, 2.75) is 12.7 Å². The lowest BCUT2D eigenvalue weighted by atomic mass is 10.0. The second-order valence-electron chi connectivity index (χ2n) is 10.3. The van der Waals surface area contributed by atoms with Crippen molar-refractivity contribution in [3.05, 3.63) is 142 Å². The van der Waals surface area contributed by atoms with Crippen LogP contribution in [0.1, 0.15) is 22.5 Å². The maximum Gasteiger partial charge on any atom is 0.416 e. The van der Waals surface area contributed by atoms with Gasteiger partial charge in [-0.05, 0) is 64.7 Å². The number of aromatic nitrogens is 2. The molecule has 1 aromatic heterocycles. The van der Waals surface area contributed by atoms with Gasteiger partial charge in [-0.15, -0.1) is 0 Å². The fraction of sp³-hybridized carbons (Fsp3) is 0.0606. The SMILES string of the molecule is O=S1(=O)NC(O)=CN1c1ccc(Cn2cc(-c3c(Cl)cccc3Cl)nc2C=Cc2ccc(-c3cccc(C(F)(F)F)c3)cc2)cc1. The van der Waals surface area contributed by atoms with E-state index in [1.54, 1.807) is 78.9 Å². The number of nitrogens with one attached hydrogen (secondary N) is 1. The zero-order valence-electron chi connectivity index (χ0n) is 23.6. The van der Waals surface area contributed by atoms with Crippen LogP contribution in [0.15, 0.2) is 109 Å². The Hall–Kier alpha value is -4.71. The summed E-state index contributed by atoms with van der Waals surface area (Å²) in [6.07, 6.45) is 2.10. The number of aliphatic hydroxyl groups is 1. The topological polar surface area (TPSA) is 87.5 Å². The first kappa shape index (κ1) is 31.3. The average molecular weight is 684 g/mol. The quantitative estimate of drug-likeness (QED) is 0.180. The third kappa shape index (κ3) is 6.62. The number of hydrogen-bond acceptors (Lipinski definition) is 4. The van der Waals surface area contributed by atoms with Gasteiger partial charge in [-0.25, -0.2) is 14.0 Å². The van der Waals surface area contributed by atoms with Crippen molar-refractivity contribution in [3.8, 4) is 22.4 Å². The van der Waals surface area contributed by atoms with Crippen LogP contribution in [-0.4, -0.2) is 23.1 Å². The first-order valence-electron chi connectivity index (χ1n) is 13.7. The summed E-state index contributed by atoms with van der Waals surface area (Å²) >= 11 is 13.0. The molecule has 13 heteroatoms. The zero-order chi connectivity index (χ0) is 32.6. The molecular weight excluding hydrogens is 660 g/mol. The lowest BCUT2D eigenvalue weighted by Crippen LogP contribution is -2.29. The van der Waals surface area contributed by atoms with Crippen molar-refractivity contribution in [1.82, 2.24) is 14.3 Å². The van der Waals surface area contributed by atoms with E-state index in [9.17, 15) is 26.7 Å². The molecule has 6 rings (SSSR count). The van der Waals surface area contributed by atoms with E-state index in [2.05, 4.69) is 0 Å². The van der Waals surface area contributed by atoms with E-state index in [-0.39, 0.29) is 0 Å². The fourth-order valence-electron chi connectivity index (χ4n) is 4.93. The second kappa shape index (κ2) is 12.2. The number of imidazole rings is 1.